The number of likely N-dealkylation sites (tertiary alicyclic amines) is 1. The van der Waals surface area contributed by atoms with E-state index in [1.54, 1.807) is 6.07 Å². The van der Waals surface area contributed by atoms with E-state index in [1.807, 2.05) is 13.8 Å². The van der Waals surface area contributed by atoms with E-state index in [9.17, 15) is 4.79 Å². The van der Waals surface area contributed by atoms with Crippen LogP contribution in [0.3, 0.4) is 0 Å². The molecule has 140 valence electrons. The van der Waals surface area contributed by atoms with E-state index in [2.05, 4.69) is 22.1 Å². The fraction of sp³-hybridized carbons (Fsp3) is 0.684. The molecule has 0 bridgehead atoms. The van der Waals surface area contributed by atoms with Gasteiger partial charge in [0.2, 0.25) is 5.88 Å². The van der Waals surface area contributed by atoms with Crippen molar-refractivity contribution in [2.45, 2.75) is 65.0 Å². The Hall–Kier alpha value is -1.33. The van der Waals surface area contributed by atoms with Crippen LogP contribution < -0.4 is 10.1 Å². The van der Waals surface area contributed by atoms with Gasteiger partial charge in [-0.3, -0.25) is 4.79 Å². The number of unbranched alkanes of at least 4 members (excludes halogenated alkanes) is 1. The van der Waals surface area contributed by atoms with Crippen LogP contribution in [0.15, 0.2) is 12.3 Å². The Morgan fingerprint density at radius 2 is 2.24 bits per heavy atom. The van der Waals surface area contributed by atoms with Gasteiger partial charge in [-0.15, -0.1) is 0 Å². The van der Waals surface area contributed by atoms with Crippen LogP contribution in [0.4, 0.5) is 0 Å². The number of pyridine rings is 1. The van der Waals surface area contributed by atoms with Gasteiger partial charge in [0.05, 0.1) is 11.7 Å². The molecule has 1 saturated heterocycles. The van der Waals surface area contributed by atoms with Gasteiger partial charge in [0.15, 0.2) is 0 Å². The zero-order valence-electron chi connectivity index (χ0n) is 15.6. The van der Waals surface area contributed by atoms with Crippen molar-refractivity contribution in [1.29, 1.82) is 0 Å². The first kappa shape index (κ1) is 20.0. The predicted molar refractivity (Wildman–Crippen MR) is 101 cm³/mol. The first-order valence-electron chi connectivity index (χ1n) is 9.32. The van der Waals surface area contributed by atoms with Crippen LogP contribution >= 0.6 is 11.6 Å². The van der Waals surface area contributed by atoms with Gasteiger partial charge in [-0.25, -0.2) is 4.98 Å². The molecule has 0 radical (unpaired) electrons. The minimum Gasteiger partial charge on any atom is -0.474 e. The SMILES string of the molecule is CC(C)Oc1ncc(C(=O)NCCCCN2CCCCC2C)cc1Cl. The van der Waals surface area contributed by atoms with E-state index in [1.165, 1.54) is 32.0 Å². The second-order valence-corrected chi connectivity index (χ2v) is 7.43. The fourth-order valence-corrected chi connectivity index (χ4v) is 3.30. The number of carbonyl (C=O) groups is 1. The third-order valence-corrected chi connectivity index (χ3v) is 4.79. The van der Waals surface area contributed by atoms with Crippen molar-refractivity contribution >= 4 is 17.5 Å². The third kappa shape index (κ3) is 6.48. The number of aromatic nitrogens is 1. The Morgan fingerprint density at radius 1 is 1.44 bits per heavy atom. The van der Waals surface area contributed by atoms with Crippen molar-refractivity contribution in [3.63, 3.8) is 0 Å². The topological polar surface area (TPSA) is 54.5 Å². The molecule has 6 heteroatoms. The molecule has 1 aromatic heterocycles. The normalized spacial score (nSPS) is 18.4. The summed E-state index contributed by atoms with van der Waals surface area (Å²) in [5.74, 6) is 0.223. The molecule has 1 aliphatic heterocycles. The average Bonchev–Trinajstić information content (AvgIpc) is 2.57. The second-order valence-electron chi connectivity index (χ2n) is 7.02. The van der Waals surface area contributed by atoms with E-state index < -0.39 is 0 Å². The average molecular weight is 368 g/mol. The van der Waals surface area contributed by atoms with Crippen LogP contribution in [0.5, 0.6) is 5.88 Å². The fourth-order valence-electron chi connectivity index (χ4n) is 3.09. The summed E-state index contributed by atoms with van der Waals surface area (Å²) in [7, 11) is 0. The van der Waals surface area contributed by atoms with E-state index >= 15 is 0 Å². The molecule has 1 fully saturated rings. The lowest BCUT2D eigenvalue weighted by molar-refractivity contribution is 0.0951. The Bertz CT molecular complexity index is 566. The molecule has 2 rings (SSSR count). The number of amides is 1. The summed E-state index contributed by atoms with van der Waals surface area (Å²) in [4.78, 5) is 18.9. The number of halogens is 1. The molecule has 25 heavy (non-hydrogen) atoms. The molecule has 0 aliphatic carbocycles. The summed E-state index contributed by atoms with van der Waals surface area (Å²) in [6.07, 6.45) is 7.55. The highest BCUT2D eigenvalue weighted by atomic mass is 35.5. The van der Waals surface area contributed by atoms with Crippen LogP contribution in [0, 0.1) is 0 Å². The minimum atomic E-state index is -0.142. The van der Waals surface area contributed by atoms with Gasteiger partial charge >= 0.3 is 0 Å². The number of hydrogen-bond donors (Lipinski definition) is 1. The number of hydrogen-bond acceptors (Lipinski definition) is 4. The predicted octanol–water partition coefficient (Wildman–Crippen LogP) is 3.91. The van der Waals surface area contributed by atoms with Gasteiger partial charge in [0, 0.05) is 18.8 Å². The molecular formula is C19H30ClN3O2. The van der Waals surface area contributed by atoms with Crippen molar-refractivity contribution in [3.8, 4) is 5.88 Å². The molecule has 1 aromatic rings. The molecule has 1 N–H and O–H groups in total. The monoisotopic (exact) mass is 367 g/mol. The standard InChI is InChI=1S/C19H30ClN3O2/c1-14(2)25-19-17(20)12-16(13-22-19)18(24)21-9-5-7-11-23-10-6-4-8-15(23)3/h12-15H,4-11H2,1-3H3,(H,21,24). The first-order chi connectivity index (χ1) is 12.0. The lowest BCUT2D eigenvalue weighted by atomic mass is 10.0. The highest BCUT2D eigenvalue weighted by Crippen LogP contribution is 2.23. The van der Waals surface area contributed by atoms with E-state index in [4.69, 9.17) is 16.3 Å². The number of carbonyl (C=O) groups excluding carboxylic acids is 1. The highest BCUT2D eigenvalue weighted by molar-refractivity contribution is 6.32. The highest BCUT2D eigenvalue weighted by Gasteiger charge is 2.17. The number of nitrogens with one attached hydrogen (secondary N) is 1. The molecule has 1 amide bonds. The number of ether oxygens (including phenoxy) is 1. The van der Waals surface area contributed by atoms with Gasteiger partial charge in [-0.2, -0.15) is 0 Å². The molecule has 2 heterocycles. The Morgan fingerprint density at radius 3 is 2.92 bits per heavy atom. The molecule has 0 saturated carbocycles. The van der Waals surface area contributed by atoms with Crippen molar-refractivity contribution in [2.24, 2.45) is 0 Å². The lowest BCUT2D eigenvalue weighted by Crippen LogP contribution is -2.38. The number of nitrogens with zero attached hydrogens (tertiary/aromatic N) is 2. The van der Waals surface area contributed by atoms with Crippen molar-refractivity contribution < 1.29 is 9.53 Å². The summed E-state index contributed by atoms with van der Waals surface area (Å²) in [5, 5.41) is 3.30. The summed E-state index contributed by atoms with van der Waals surface area (Å²) in [5.41, 5.74) is 0.464. The van der Waals surface area contributed by atoms with Gasteiger partial charge < -0.3 is 15.0 Å². The maximum Gasteiger partial charge on any atom is 0.252 e. The van der Waals surface area contributed by atoms with Crippen LogP contribution in [0.1, 0.15) is 63.2 Å². The largest absolute Gasteiger partial charge is 0.474 e. The van der Waals surface area contributed by atoms with Crippen molar-refractivity contribution in [3.05, 3.63) is 22.8 Å². The summed E-state index contributed by atoms with van der Waals surface area (Å²) in [6, 6.07) is 2.31. The third-order valence-electron chi connectivity index (χ3n) is 4.52. The quantitative estimate of drug-likeness (QED) is 0.708. The maximum absolute atomic E-state index is 12.2. The van der Waals surface area contributed by atoms with Gasteiger partial charge in [-0.1, -0.05) is 18.0 Å². The second kappa shape index (κ2) is 9.97. The molecule has 1 aliphatic rings. The van der Waals surface area contributed by atoms with E-state index in [-0.39, 0.29) is 12.0 Å². The smallest absolute Gasteiger partial charge is 0.252 e. The Kier molecular flexibility index (Phi) is 7.97. The summed E-state index contributed by atoms with van der Waals surface area (Å²) in [6.45, 7) is 9.12. The number of rotatable bonds is 8. The summed E-state index contributed by atoms with van der Waals surface area (Å²) < 4.78 is 5.48. The first-order valence-corrected chi connectivity index (χ1v) is 9.69. The molecule has 0 aromatic carbocycles. The van der Waals surface area contributed by atoms with E-state index in [0.29, 0.717) is 29.1 Å². The minimum absolute atomic E-state index is 0.00713. The van der Waals surface area contributed by atoms with Gasteiger partial charge in [0.1, 0.15) is 5.02 Å². The molecule has 1 unspecified atom stereocenters. The molecular weight excluding hydrogens is 338 g/mol. The van der Waals surface area contributed by atoms with Crippen LogP contribution in [0.25, 0.3) is 0 Å². The molecule has 5 nitrogen and oxygen atoms in total. The van der Waals surface area contributed by atoms with Crippen LogP contribution in [0.2, 0.25) is 5.02 Å². The van der Waals surface area contributed by atoms with E-state index in [0.717, 1.165) is 19.4 Å². The van der Waals surface area contributed by atoms with Crippen LogP contribution in [-0.4, -0.2) is 47.6 Å². The van der Waals surface area contributed by atoms with Gasteiger partial charge in [-0.05, 0) is 65.6 Å². The number of piperidine rings is 1. The Labute approximate surface area is 156 Å². The van der Waals surface area contributed by atoms with Crippen molar-refractivity contribution in [1.82, 2.24) is 15.2 Å². The van der Waals surface area contributed by atoms with Gasteiger partial charge in [0.25, 0.3) is 5.91 Å². The van der Waals surface area contributed by atoms with Crippen LogP contribution in [-0.2, 0) is 0 Å². The lowest BCUT2D eigenvalue weighted by Gasteiger charge is -2.33. The molecule has 1 atom stereocenters. The maximum atomic E-state index is 12.2. The summed E-state index contributed by atoms with van der Waals surface area (Å²) >= 11 is 6.13. The molecule has 0 spiro atoms. The Balaban J connectivity index is 1.70. The van der Waals surface area contributed by atoms with Crippen molar-refractivity contribution in [2.75, 3.05) is 19.6 Å². The zero-order chi connectivity index (χ0) is 18.2. The zero-order valence-corrected chi connectivity index (χ0v) is 16.3.